The number of aromatic nitrogens is 4. The third kappa shape index (κ3) is 2.31. The smallest absolute Gasteiger partial charge is 0.270 e. The maximum Gasteiger partial charge on any atom is 0.270 e. The van der Waals surface area contributed by atoms with Gasteiger partial charge < -0.3 is 5.32 Å². The van der Waals surface area contributed by atoms with E-state index in [1.807, 2.05) is 39.8 Å². The van der Waals surface area contributed by atoms with Gasteiger partial charge in [-0.2, -0.15) is 5.10 Å². The molecule has 1 aliphatic carbocycles. The van der Waals surface area contributed by atoms with Crippen molar-refractivity contribution >= 4 is 22.2 Å². The first-order valence-electron chi connectivity index (χ1n) is 7.35. The van der Waals surface area contributed by atoms with E-state index in [0.29, 0.717) is 12.2 Å². The zero-order chi connectivity index (χ0) is 15.2. The minimum Gasteiger partial charge on any atom is -0.350 e. The molecule has 0 spiro atoms. The lowest BCUT2D eigenvalue weighted by molar-refractivity contribution is 0.0936. The van der Waals surface area contributed by atoms with Gasteiger partial charge in [-0.15, -0.1) is 11.3 Å². The van der Waals surface area contributed by atoms with Crippen molar-refractivity contribution in [1.82, 2.24) is 24.5 Å². The Balaban J connectivity index is 1.46. The third-order valence-electron chi connectivity index (χ3n) is 4.29. The summed E-state index contributed by atoms with van der Waals surface area (Å²) in [6.07, 6.45) is 7.92. The van der Waals surface area contributed by atoms with Gasteiger partial charge in [0.2, 0.25) is 0 Å². The first kappa shape index (κ1) is 13.5. The van der Waals surface area contributed by atoms with Gasteiger partial charge in [-0.3, -0.25) is 13.9 Å². The van der Waals surface area contributed by atoms with Crippen molar-refractivity contribution in [3.8, 4) is 0 Å². The number of rotatable bonds is 5. The van der Waals surface area contributed by atoms with Gasteiger partial charge in [-0.05, 0) is 25.8 Å². The minimum atomic E-state index is -0.0462. The molecule has 1 amide bonds. The molecule has 0 aliphatic heterocycles. The topological polar surface area (TPSA) is 64.2 Å². The molecule has 0 bridgehead atoms. The van der Waals surface area contributed by atoms with Crippen LogP contribution in [0.15, 0.2) is 30.0 Å². The Kier molecular flexibility index (Phi) is 3.04. The van der Waals surface area contributed by atoms with E-state index in [0.717, 1.165) is 30.0 Å². The van der Waals surface area contributed by atoms with Gasteiger partial charge in [-0.1, -0.05) is 0 Å². The van der Waals surface area contributed by atoms with Crippen LogP contribution in [0.2, 0.25) is 0 Å². The van der Waals surface area contributed by atoms with Crippen molar-refractivity contribution < 1.29 is 4.79 Å². The normalized spacial score (nSPS) is 16.0. The Morgan fingerprint density at radius 3 is 3.05 bits per heavy atom. The monoisotopic (exact) mass is 315 g/mol. The fraction of sp³-hybridized carbons (Fsp3) is 0.400. The fourth-order valence-electron chi connectivity index (χ4n) is 2.82. The largest absolute Gasteiger partial charge is 0.350 e. The number of aryl methyl sites for hydroxylation is 1. The Hall–Kier alpha value is -2.15. The molecule has 0 saturated heterocycles. The van der Waals surface area contributed by atoms with Crippen LogP contribution < -0.4 is 5.32 Å². The van der Waals surface area contributed by atoms with Crippen LogP contribution in [0.4, 0.5) is 0 Å². The summed E-state index contributed by atoms with van der Waals surface area (Å²) in [7, 11) is 0. The van der Waals surface area contributed by atoms with Gasteiger partial charge in [0.25, 0.3) is 5.91 Å². The second kappa shape index (κ2) is 4.95. The van der Waals surface area contributed by atoms with Gasteiger partial charge in [-0.25, -0.2) is 4.98 Å². The molecule has 1 N–H and O–H groups in total. The summed E-state index contributed by atoms with van der Waals surface area (Å²) in [6.45, 7) is 3.42. The molecule has 3 heterocycles. The number of imidazole rings is 1. The highest BCUT2D eigenvalue weighted by atomic mass is 32.1. The number of carbonyl (C=O) groups excluding carboxylic acids is 1. The van der Waals surface area contributed by atoms with Crippen molar-refractivity contribution in [3.63, 3.8) is 0 Å². The second-order valence-corrected chi connectivity index (χ2v) is 6.86. The van der Waals surface area contributed by atoms with Crippen LogP contribution in [0, 0.1) is 12.3 Å². The van der Waals surface area contributed by atoms with Gasteiger partial charge in [0.1, 0.15) is 5.69 Å². The molecule has 6 nitrogen and oxygen atoms in total. The number of nitrogens with one attached hydrogen (secondary N) is 1. The minimum absolute atomic E-state index is 0.0462. The van der Waals surface area contributed by atoms with Crippen LogP contribution in [-0.4, -0.2) is 31.6 Å². The van der Waals surface area contributed by atoms with Gasteiger partial charge in [0, 0.05) is 42.5 Å². The van der Waals surface area contributed by atoms with Crippen LogP contribution in [-0.2, 0) is 6.54 Å². The van der Waals surface area contributed by atoms with Gasteiger partial charge >= 0.3 is 0 Å². The number of fused-ring (bicyclic) bond motifs is 1. The molecule has 1 saturated carbocycles. The van der Waals surface area contributed by atoms with Crippen LogP contribution in [0.1, 0.15) is 29.0 Å². The quantitative estimate of drug-likeness (QED) is 0.784. The SMILES string of the molecule is Cc1nc2sccn2c1C(=O)NCC1(Cn2cccn2)CC1. The van der Waals surface area contributed by atoms with E-state index in [2.05, 4.69) is 15.4 Å². The molecule has 3 aromatic heterocycles. The highest BCUT2D eigenvalue weighted by molar-refractivity contribution is 7.15. The first-order chi connectivity index (χ1) is 10.7. The van der Waals surface area contributed by atoms with Crippen molar-refractivity contribution in [2.45, 2.75) is 26.3 Å². The maximum atomic E-state index is 12.5. The highest BCUT2D eigenvalue weighted by Gasteiger charge is 2.43. The molecule has 0 aromatic carbocycles. The Labute approximate surface area is 131 Å². The molecule has 22 heavy (non-hydrogen) atoms. The number of thiazole rings is 1. The number of carbonyl (C=O) groups is 1. The summed E-state index contributed by atoms with van der Waals surface area (Å²) in [4.78, 5) is 17.8. The summed E-state index contributed by atoms with van der Waals surface area (Å²) < 4.78 is 3.81. The zero-order valence-electron chi connectivity index (χ0n) is 12.3. The van der Waals surface area contributed by atoms with Crippen molar-refractivity contribution in [2.24, 2.45) is 5.41 Å². The Morgan fingerprint density at radius 2 is 2.32 bits per heavy atom. The standard InChI is InChI=1S/C15H17N5OS/c1-11-12(20-7-8-22-14(20)18-11)13(21)16-9-15(3-4-15)10-19-6-2-5-17-19/h2,5-8H,3-4,9-10H2,1H3,(H,16,21). The van der Waals surface area contributed by atoms with Crippen LogP contribution in [0.3, 0.4) is 0 Å². The van der Waals surface area contributed by atoms with E-state index in [1.165, 1.54) is 11.3 Å². The second-order valence-electron chi connectivity index (χ2n) is 5.99. The van der Waals surface area contributed by atoms with Gasteiger partial charge in [0.15, 0.2) is 4.96 Å². The summed E-state index contributed by atoms with van der Waals surface area (Å²) >= 11 is 1.54. The molecule has 3 aromatic rings. The summed E-state index contributed by atoms with van der Waals surface area (Å²) in [5.41, 5.74) is 1.58. The Bertz CT molecular complexity index is 812. The van der Waals surface area contributed by atoms with Gasteiger partial charge in [0.05, 0.1) is 5.69 Å². The molecular weight excluding hydrogens is 298 g/mol. The van der Waals surface area contributed by atoms with Crippen molar-refractivity contribution in [2.75, 3.05) is 6.54 Å². The van der Waals surface area contributed by atoms with Crippen LogP contribution >= 0.6 is 11.3 Å². The molecule has 0 atom stereocenters. The third-order valence-corrected chi connectivity index (χ3v) is 5.05. The number of hydrogen-bond acceptors (Lipinski definition) is 4. The Morgan fingerprint density at radius 1 is 1.45 bits per heavy atom. The van der Waals surface area contributed by atoms with E-state index in [1.54, 1.807) is 6.20 Å². The summed E-state index contributed by atoms with van der Waals surface area (Å²) in [5, 5.41) is 9.29. The molecule has 114 valence electrons. The fourth-order valence-corrected chi connectivity index (χ4v) is 3.58. The average Bonchev–Trinajstić information content (AvgIpc) is 2.84. The average molecular weight is 315 g/mol. The molecule has 0 radical (unpaired) electrons. The number of nitrogens with zero attached hydrogens (tertiary/aromatic N) is 4. The zero-order valence-corrected chi connectivity index (χ0v) is 13.1. The van der Waals surface area contributed by atoms with Crippen molar-refractivity contribution in [3.05, 3.63) is 41.4 Å². The van der Waals surface area contributed by atoms with Crippen LogP contribution in [0.25, 0.3) is 4.96 Å². The number of amides is 1. The van der Waals surface area contributed by atoms with E-state index in [-0.39, 0.29) is 11.3 Å². The maximum absolute atomic E-state index is 12.5. The predicted molar refractivity (Wildman–Crippen MR) is 84.0 cm³/mol. The molecule has 0 unspecified atom stereocenters. The van der Waals surface area contributed by atoms with Crippen molar-refractivity contribution in [1.29, 1.82) is 0 Å². The van der Waals surface area contributed by atoms with E-state index in [4.69, 9.17) is 0 Å². The molecule has 1 aliphatic rings. The van der Waals surface area contributed by atoms with E-state index in [9.17, 15) is 4.79 Å². The van der Waals surface area contributed by atoms with Crippen LogP contribution in [0.5, 0.6) is 0 Å². The van der Waals surface area contributed by atoms with E-state index >= 15 is 0 Å². The lowest BCUT2D eigenvalue weighted by Gasteiger charge is -2.16. The summed E-state index contributed by atoms with van der Waals surface area (Å²) in [5.74, 6) is -0.0462. The highest BCUT2D eigenvalue weighted by Crippen LogP contribution is 2.46. The molecule has 1 fully saturated rings. The molecule has 4 rings (SSSR count). The predicted octanol–water partition coefficient (Wildman–Crippen LogP) is 2.11. The molecule has 7 heteroatoms. The number of hydrogen-bond donors (Lipinski definition) is 1. The summed E-state index contributed by atoms with van der Waals surface area (Å²) in [6, 6.07) is 1.93. The van der Waals surface area contributed by atoms with E-state index < -0.39 is 0 Å². The lowest BCUT2D eigenvalue weighted by Crippen LogP contribution is -2.33. The lowest BCUT2D eigenvalue weighted by atomic mass is 10.1. The molecular formula is C15H17N5OS. The first-order valence-corrected chi connectivity index (χ1v) is 8.23.